The molecule has 1 amide bonds. The summed E-state index contributed by atoms with van der Waals surface area (Å²) in [5, 5.41) is 0. The van der Waals surface area contributed by atoms with Crippen molar-refractivity contribution in [2.24, 2.45) is 0 Å². The zero-order valence-electron chi connectivity index (χ0n) is 11.5. The van der Waals surface area contributed by atoms with E-state index < -0.39 is 11.9 Å². The third kappa shape index (κ3) is 6.05. The molecule has 7 nitrogen and oxygen atoms in total. The Labute approximate surface area is 117 Å². The highest BCUT2D eigenvalue weighted by Crippen LogP contribution is 2.16. The maximum Gasteiger partial charge on any atom is 0.321 e. The van der Waals surface area contributed by atoms with E-state index in [9.17, 15) is 9.59 Å². The standard InChI is InChI=1S/C13H18N2O5/c1-3-19-13(17)8-14-15-12(16)9-20-11-6-4-10(18-2)5-7-11/h4-7,14H,3,8-9H2,1-2H3,(H,15,16). The Balaban J connectivity index is 2.20. The van der Waals surface area contributed by atoms with Gasteiger partial charge in [-0.15, -0.1) is 0 Å². The van der Waals surface area contributed by atoms with E-state index in [2.05, 4.69) is 15.6 Å². The van der Waals surface area contributed by atoms with Crippen LogP contribution < -0.4 is 20.3 Å². The summed E-state index contributed by atoms with van der Waals surface area (Å²) in [5.74, 6) is 0.415. The fourth-order valence-corrected chi connectivity index (χ4v) is 1.28. The van der Waals surface area contributed by atoms with Crippen LogP contribution in [0.4, 0.5) is 0 Å². The lowest BCUT2D eigenvalue weighted by Gasteiger charge is -2.08. The van der Waals surface area contributed by atoms with Crippen molar-refractivity contribution in [2.75, 3.05) is 26.9 Å². The molecule has 0 saturated carbocycles. The van der Waals surface area contributed by atoms with Crippen LogP contribution in [0.1, 0.15) is 6.92 Å². The molecule has 0 aromatic heterocycles. The molecule has 0 bridgehead atoms. The summed E-state index contributed by atoms with van der Waals surface area (Å²) >= 11 is 0. The first-order chi connectivity index (χ1) is 9.65. The molecule has 0 atom stereocenters. The number of amides is 1. The molecule has 0 radical (unpaired) electrons. The minimum atomic E-state index is -0.441. The van der Waals surface area contributed by atoms with Crippen molar-refractivity contribution in [1.29, 1.82) is 0 Å². The quantitative estimate of drug-likeness (QED) is 0.525. The maximum atomic E-state index is 11.4. The number of nitrogens with one attached hydrogen (secondary N) is 2. The Bertz CT molecular complexity index is 433. The van der Waals surface area contributed by atoms with Gasteiger partial charge in [-0.1, -0.05) is 0 Å². The number of ether oxygens (including phenoxy) is 3. The molecular weight excluding hydrogens is 264 g/mol. The molecule has 0 aliphatic rings. The van der Waals surface area contributed by atoms with Crippen LogP contribution in [0.15, 0.2) is 24.3 Å². The van der Waals surface area contributed by atoms with E-state index in [0.29, 0.717) is 18.1 Å². The van der Waals surface area contributed by atoms with Crippen LogP contribution in [0, 0.1) is 0 Å². The minimum Gasteiger partial charge on any atom is -0.497 e. The second kappa shape index (κ2) is 8.76. The van der Waals surface area contributed by atoms with Gasteiger partial charge in [0.15, 0.2) is 6.61 Å². The van der Waals surface area contributed by atoms with Gasteiger partial charge in [0, 0.05) is 0 Å². The van der Waals surface area contributed by atoms with Gasteiger partial charge in [0.2, 0.25) is 0 Å². The first kappa shape index (κ1) is 15.8. The lowest BCUT2D eigenvalue weighted by molar-refractivity contribution is -0.142. The number of esters is 1. The summed E-state index contributed by atoms with van der Waals surface area (Å²) in [7, 11) is 1.57. The lowest BCUT2D eigenvalue weighted by Crippen LogP contribution is -2.43. The van der Waals surface area contributed by atoms with Gasteiger partial charge in [-0.25, -0.2) is 5.43 Å². The van der Waals surface area contributed by atoms with Crippen molar-refractivity contribution >= 4 is 11.9 Å². The van der Waals surface area contributed by atoms with Gasteiger partial charge < -0.3 is 14.2 Å². The molecule has 0 saturated heterocycles. The first-order valence-corrected chi connectivity index (χ1v) is 6.10. The van der Waals surface area contributed by atoms with Gasteiger partial charge in [0.1, 0.15) is 18.0 Å². The van der Waals surface area contributed by atoms with Crippen molar-refractivity contribution in [3.05, 3.63) is 24.3 Å². The average molecular weight is 282 g/mol. The van der Waals surface area contributed by atoms with Crippen LogP contribution in [-0.2, 0) is 14.3 Å². The largest absolute Gasteiger partial charge is 0.497 e. The molecule has 20 heavy (non-hydrogen) atoms. The molecule has 0 spiro atoms. The third-order valence-corrected chi connectivity index (χ3v) is 2.20. The molecule has 110 valence electrons. The third-order valence-electron chi connectivity index (χ3n) is 2.20. The molecule has 0 unspecified atom stereocenters. The van der Waals surface area contributed by atoms with Gasteiger partial charge in [0.25, 0.3) is 5.91 Å². The van der Waals surface area contributed by atoms with E-state index in [-0.39, 0.29) is 13.2 Å². The monoisotopic (exact) mass is 282 g/mol. The first-order valence-electron chi connectivity index (χ1n) is 6.10. The Morgan fingerprint density at radius 3 is 2.40 bits per heavy atom. The van der Waals surface area contributed by atoms with Crippen LogP contribution in [0.2, 0.25) is 0 Å². The highest BCUT2D eigenvalue weighted by Gasteiger charge is 2.04. The van der Waals surface area contributed by atoms with E-state index in [0.717, 1.165) is 0 Å². The number of hydrazine groups is 1. The summed E-state index contributed by atoms with van der Waals surface area (Å²) in [6.45, 7) is 1.75. The lowest BCUT2D eigenvalue weighted by atomic mass is 10.3. The molecule has 1 aromatic rings. The van der Waals surface area contributed by atoms with Gasteiger partial charge in [-0.05, 0) is 31.2 Å². The summed E-state index contributed by atoms with van der Waals surface area (Å²) in [4.78, 5) is 22.4. The van der Waals surface area contributed by atoms with Gasteiger partial charge in [-0.2, -0.15) is 0 Å². The fraction of sp³-hybridized carbons (Fsp3) is 0.385. The number of hydrogen-bond acceptors (Lipinski definition) is 6. The molecule has 7 heteroatoms. The number of benzene rings is 1. The minimum absolute atomic E-state index is 0.0951. The molecule has 2 N–H and O–H groups in total. The fourth-order valence-electron chi connectivity index (χ4n) is 1.28. The topological polar surface area (TPSA) is 85.9 Å². The molecule has 0 aliphatic heterocycles. The number of carbonyl (C=O) groups excluding carboxylic acids is 2. The van der Waals surface area contributed by atoms with E-state index in [1.807, 2.05) is 0 Å². The second-order valence-corrected chi connectivity index (χ2v) is 3.67. The molecule has 1 aromatic carbocycles. The van der Waals surface area contributed by atoms with Crippen molar-refractivity contribution in [1.82, 2.24) is 10.9 Å². The molecule has 0 heterocycles. The van der Waals surface area contributed by atoms with Gasteiger partial charge in [0.05, 0.1) is 13.7 Å². The van der Waals surface area contributed by atoms with Crippen molar-refractivity contribution in [2.45, 2.75) is 6.92 Å². The Kier molecular flexibility index (Phi) is 6.91. The Morgan fingerprint density at radius 1 is 1.15 bits per heavy atom. The smallest absolute Gasteiger partial charge is 0.321 e. The maximum absolute atomic E-state index is 11.4. The van der Waals surface area contributed by atoms with E-state index in [1.54, 1.807) is 38.3 Å². The normalized spacial score (nSPS) is 9.70. The van der Waals surface area contributed by atoms with Crippen molar-refractivity contribution in [3.63, 3.8) is 0 Å². The highest BCUT2D eigenvalue weighted by atomic mass is 16.5. The van der Waals surface area contributed by atoms with E-state index in [4.69, 9.17) is 9.47 Å². The Morgan fingerprint density at radius 2 is 1.80 bits per heavy atom. The average Bonchev–Trinajstić information content (AvgIpc) is 2.46. The summed E-state index contributed by atoms with van der Waals surface area (Å²) in [5.41, 5.74) is 4.78. The van der Waals surface area contributed by atoms with E-state index >= 15 is 0 Å². The zero-order valence-corrected chi connectivity index (χ0v) is 11.5. The second-order valence-electron chi connectivity index (χ2n) is 3.67. The molecular formula is C13H18N2O5. The van der Waals surface area contributed by atoms with Gasteiger partial charge >= 0.3 is 5.97 Å². The SMILES string of the molecule is CCOC(=O)CNNC(=O)COc1ccc(OC)cc1. The number of hydrogen-bond donors (Lipinski definition) is 2. The molecule has 1 rings (SSSR count). The highest BCUT2D eigenvalue weighted by molar-refractivity contribution is 5.78. The van der Waals surface area contributed by atoms with Crippen LogP contribution in [0.3, 0.4) is 0 Å². The van der Waals surface area contributed by atoms with Crippen LogP contribution in [-0.4, -0.2) is 38.7 Å². The van der Waals surface area contributed by atoms with E-state index in [1.165, 1.54) is 0 Å². The molecule has 0 aliphatic carbocycles. The van der Waals surface area contributed by atoms with Crippen molar-refractivity contribution in [3.8, 4) is 11.5 Å². The zero-order chi connectivity index (χ0) is 14.8. The summed E-state index contributed by atoms with van der Waals surface area (Å²) < 4.78 is 14.9. The van der Waals surface area contributed by atoms with Crippen LogP contribution >= 0.6 is 0 Å². The molecule has 0 fully saturated rings. The predicted molar refractivity (Wildman–Crippen MR) is 71.3 cm³/mol. The predicted octanol–water partition coefficient (Wildman–Crippen LogP) is 0.258. The van der Waals surface area contributed by atoms with Crippen molar-refractivity contribution < 1.29 is 23.8 Å². The summed E-state index contributed by atoms with van der Waals surface area (Å²) in [6.07, 6.45) is 0. The Hall–Kier alpha value is -2.28. The van der Waals surface area contributed by atoms with Crippen LogP contribution in [0.5, 0.6) is 11.5 Å². The summed E-state index contributed by atoms with van der Waals surface area (Å²) in [6, 6.07) is 6.84. The number of methoxy groups -OCH3 is 1. The van der Waals surface area contributed by atoms with Gasteiger partial charge in [-0.3, -0.25) is 15.0 Å². The van der Waals surface area contributed by atoms with Crippen LogP contribution in [0.25, 0.3) is 0 Å². The number of carbonyl (C=O) groups is 2. The number of rotatable bonds is 8.